The Kier molecular flexibility index (Phi) is 5.29. The number of piperidine rings is 1. The SMILES string of the molecule is CC1CC(C)CN(Cc2cccc(N)c2)C1.Cl. The summed E-state index contributed by atoms with van der Waals surface area (Å²) in [7, 11) is 0. The van der Waals surface area contributed by atoms with Gasteiger partial charge in [-0.3, -0.25) is 4.90 Å². The van der Waals surface area contributed by atoms with Crippen LogP contribution in [-0.4, -0.2) is 18.0 Å². The van der Waals surface area contributed by atoms with Crippen LogP contribution in [0.5, 0.6) is 0 Å². The average Bonchev–Trinajstić information content (AvgIpc) is 2.15. The maximum absolute atomic E-state index is 5.80. The zero-order valence-corrected chi connectivity index (χ0v) is 11.5. The Labute approximate surface area is 111 Å². The molecule has 0 aliphatic carbocycles. The molecule has 1 aliphatic heterocycles. The minimum Gasteiger partial charge on any atom is -0.399 e. The Morgan fingerprint density at radius 2 is 1.88 bits per heavy atom. The quantitative estimate of drug-likeness (QED) is 0.822. The number of nitrogens with zero attached hydrogens (tertiary/aromatic N) is 1. The van der Waals surface area contributed by atoms with E-state index in [-0.39, 0.29) is 12.4 Å². The third-order valence-corrected chi connectivity index (χ3v) is 3.30. The van der Waals surface area contributed by atoms with Crippen LogP contribution < -0.4 is 5.73 Å². The predicted molar refractivity (Wildman–Crippen MR) is 76.3 cm³/mol. The van der Waals surface area contributed by atoms with Crippen molar-refractivity contribution < 1.29 is 0 Å². The summed E-state index contributed by atoms with van der Waals surface area (Å²) in [5.74, 6) is 1.65. The first-order chi connectivity index (χ1) is 7.63. The lowest BCUT2D eigenvalue weighted by Gasteiger charge is -2.35. The van der Waals surface area contributed by atoms with Crippen LogP contribution in [0.4, 0.5) is 5.69 Å². The van der Waals surface area contributed by atoms with E-state index in [1.165, 1.54) is 25.1 Å². The summed E-state index contributed by atoms with van der Waals surface area (Å²) >= 11 is 0. The number of anilines is 1. The molecule has 0 bridgehead atoms. The summed E-state index contributed by atoms with van der Waals surface area (Å²) in [5.41, 5.74) is 8.01. The van der Waals surface area contributed by atoms with Crippen molar-refractivity contribution in [3.8, 4) is 0 Å². The first-order valence-corrected chi connectivity index (χ1v) is 6.20. The van der Waals surface area contributed by atoms with Gasteiger partial charge in [-0.25, -0.2) is 0 Å². The molecule has 96 valence electrons. The molecule has 2 unspecified atom stereocenters. The van der Waals surface area contributed by atoms with Crippen LogP contribution in [-0.2, 0) is 6.54 Å². The van der Waals surface area contributed by atoms with E-state index < -0.39 is 0 Å². The van der Waals surface area contributed by atoms with Gasteiger partial charge in [0.05, 0.1) is 0 Å². The van der Waals surface area contributed by atoms with Crippen LogP contribution >= 0.6 is 12.4 Å². The third-order valence-electron chi connectivity index (χ3n) is 3.30. The van der Waals surface area contributed by atoms with Gasteiger partial charge in [0.15, 0.2) is 0 Å². The molecule has 17 heavy (non-hydrogen) atoms. The highest BCUT2D eigenvalue weighted by molar-refractivity contribution is 5.85. The summed E-state index contributed by atoms with van der Waals surface area (Å²) < 4.78 is 0. The Balaban J connectivity index is 0.00000144. The number of hydrogen-bond acceptors (Lipinski definition) is 2. The van der Waals surface area contributed by atoms with E-state index in [2.05, 4.69) is 30.9 Å². The molecule has 2 atom stereocenters. The lowest BCUT2D eigenvalue weighted by molar-refractivity contribution is 0.134. The molecule has 2 nitrogen and oxygen atoms in total. The molecule has 0 radical (unpaired) electrons. The third kappa shape index (κ3) is 4.21. The summed E-state index contributed by atoms with van der Waals surface area (Å²) in [6.07, 6.45) is 1.37. The first-order valence-electron chi connectivity index (χ1n) is 6.20. The van der Waals surface area contributed by atoms with Gasteiger partial charge in [0.25, 0.3) is 0 Å². The molecule has 2 rings (SSSR count). The fourth-order valence-corrected chi connectivity index (χ4v) is 2.87. The molecule has 3 heteroatoms. The molecule has 1 fully saturated rings. The topological polar surface area (TPSA) is 29.3 Å². The van der Waals surface area contributed by atoms with Crippen molar-refractivity contribution in [2.45, 2.75) is 26.8 Å². The predicted octanol–water partition coefficient (Wildman–Crippen LogP) is 3.17. The number of nitrogens with two attached hydrogens (primary N) is 1. The monoisotopic (exact) mass is 254 g/mol. The van der Waals surface area contributed by atoms with Crippen molar-refractivity contribution in [2.75, 3.05) is 18.8 Å². The van der Waals surface area contributed by atoms with E-state index in [9.17, 15) is 0 Å². The Morgan fingerprint density at radius 3 is 2.47 bits per heavy atom. The average molecular weight is 255 g/mol. The molecule has 1 aromatic carbocycles. The van der Waals surface area contributed by atoms with E-state index in [0.29, 0.717) is 0 Å². The summed E-state index contributed by atoms with van der Waals surface area (Å²) in [6, 6.07) is 8.25. The summed E-state index contributed by atoms with van der Waals surface area (Å²) in [5, 5.41) is 0. The fourth-order valence-electron chi connectivity index (χ4n) is 2.87. The van der Waals surface area contributed by atoms with Crippen LogP contribution in [0.2, 0.25) is 0 Å². The van der Waals surface area contributed by atoms with Crippen LogP contribution in [0.1, 0.15) is 25.8 Å². The van der Waals surface area contributed by atoms with Crippen LogP contribution in [0.15, 0.2) is 24.3 Å². The smallest absolute Gasteiger partial charge is 0.0317 e. The van der Waals surface area contributed by atoms with Crippen molar-refractivity contribution in [2.24, 2.45) is 11.8 Å². The molecule has 1 saturated heterocycles. The summed E-state index contributed by atoms with van der Waals surface area (Å²) in [4.78, 5) is 2.55. The van der Waals surface area contributed by atoms with E-state index in [0.717, 1.165) is 24.1 Å². The van der Waals surface area contributed by atoms with Crippen molar-refractivity contribution in [3.05, 3.63) is 29.8 Å². The fraction of sp³-hybridized carbons (Fsp3) is 0.571. The second-order valence-electron chi connectivity index (χ2n) is 5.39. The van der Waals surface area contributed by atoms with Crippen molar-refractivity contribution in [1.82, 2.24) is 4.90 Å². The van der Waals surface area contributed by atoms with Gasteiger partial charge in [-0.2, -0.15) is 0 Å². The molecule has 1 aromatic rings. The largest absolute Gasteiger partial charge is 0.399 e. The van der Waals surface area contributed by atoms with Gasteiger partial charge in [-0.05, 0) is 36.0 Å². The maximum Gasteiger partial charge on any atom is 0.0317 e. The lowest BCUT2D eigenvalue weighted by atomic mass is 9.91. The van der Waals surface area contributed by atoms with Gasteiger partial charge in [-0.1, -0.05) is 26.0 Å². The molecular weight excluding hydrogens is 232 g/mol. The van der Waals surface area contributed by atoms with E-state index in [4.69, 9.17) is 5.73 Å². The van der Waals surface area contributed by atoms with Crippen LogP contribution in [0.3, 0.4) is 0 Å². The van der Waals surface area contributed by atoms with Crippen LogP contribution in [0.25, 0.3) is 0 Å². The molecule has 0 saturated carbocycles. The van der Waals surface area contributed by atoms with Crippen molar-refractivity contribution in [3.63, 3.8) is 0 Å². The highest BCUT2D eigenvalue weighted by atomic mass is 35.5. The number of rotatable bonds is 2. The first kappa shape index (κ1) is 14.3. The van der Waals surface area contributed by atoms with E-state index >= 15 is 0 Å². The van der Waals surface area contributed by atoms with Gasteiger partial charge in [0.1, 0.15) is 0 Å². The standard InChI is InChI=1S/C14H22N2.ClH/c1-11-6-12(2)9-16(8-11)10-13-4-3-5-14(15)7-13;/h3-5,7,11-12H,6,8-10,15H2,1-2H3;1H. The molecule has 0 spiro atoms. The van der Waals surface area contributed by atoms with E-state index in [1.54, 1.807) is 0 Å². The highest BCUT2D eigenvalue weighted by Crippen LogP contribution is 2.22. The van der Waals surface area contributed by atoms with Crippen molar-refractivity contribution >= 4 is 18.1 Å². The zero-order chi connectivity index (χ0) is 11.5. The zero-order valence-electron chi connectivity index (χ0n) is 10.7. The van der Waals surface area contributed by atoms with Gasteiger partial charge in [0, 0.05) is 25.3 Å². The number of nitrogen functional groups attached to an aromatic ring is 1. The second kappa shape index (κ2) is 6.27. The molecule has 1 aliphatic rings. The normalized spacial score (nSPS) is 25.3. The molecular formula is C14H23ClN2. The van der Waals surface area contributed by atoms with Gasteiger partial charge in [-0.15, -0.1) is 12.4 Å². The van der Waals surface area contributed by atoms with Gasteiger partial charge in [0.2, 0.25) is 0 Å². The van der Waals surface area contributed by atoms with Crippen LogP contribution in [0, 0.1) is 11.8 Å². The molecule has 1 heterocycles. The minimum absolute atomic E-state index is 0. The maximum atomic E-state index is 5.80. The summed E-state index contributed by atoms with van der Waals surface area (Å²) in [6.45, 7) is 8.18. The number of hydrogen-bond donors (Lipinski definition) is 1. The number of benzene rings is 1. The molecule has 0 aromatic heterocycles. The second-order valence-corrected chi connectivity index (χ2v) is 5.39. The Bertz CT molecular complexity index is 344. The lowest BCUT2D eigenvalue weighted by Crippen LogP contribution is -2.38. The number of halogens is 1. The van der Waals surface area contributed by atoms with Gasteiger partial charge < -0.3 is 5.73 Å². The Morgan fingerprint density at radius 1 is 1.24 bits per heavy atom. The van der Waals surface area contributed by atoms with Gasteiger partial charge >= 0.3 is 0 Å². The van der Waals surface area contributed by atoms with Crippen molar-refractivity contribution in [1.29, 1.82) is 0 Å². The molecule has 2 N–H and O–H groups in total. The molecule has 0 amide bonds. The van der Waals surface area contributed by atoms with E-state index in [1.807, 2.05) is 12.1 Å². The Hall–Kier alpha value is -0.730. The highest BCUT2D eigenvalue weighted by Gasteiger charge is 2.21. The number of likely N-dealkylation sites (tertiary alicyclic amines) is 1. The minimum atomic E-state index is 0.